The fourth-order valence-electron chi connectivity index (χ4n) is 4.13. The molecule has 7 nitrogen and oxygen atoms in total. The van der Waals surface area contributed by atoms with E-state index < -0.39 is 10.0 Å². The zero-order chi connectivity index (χ0) is 22.6. The molecule has 0 aliphatic carbocycles. The Bertz CT molecular complexity index is 1050. The summed E-state index contributed by atoms with van der Waals surface area (Å²) in [7, 11) is -3.48. The van der Waals surface area contributed by atoms with Crippen LogP contribution < -0.4 is 14.4 Å². The van der Waals surface area contributed by atoms with Crippen LogP contribution >= 0.6 is 0 Å². The average molecular weight is 459 g/mol. The zero-order valence-electron chi connectivity index (χ0n) is 18.5. The van der Waals surface area contributed by atoms with E-state index in [-0.39, 0.29) is 12.5 Å². The third kappa shape index (κ3) is 4.91. The molecule has 32 heavy (non-hydrogen) atoms. The van der Waals surface area contributed by atoms with Gasteiger partial charge >= 0.3 is 0 Å². The lowest BCUT2D eigenvalue weighted by Crippen LogP contribution is -2.35. The molecular weight excluding hydrogens is 428 g/mol. The standard InChI is InChI=1S/C24H30N2O5S/c1-2-16-30-20-6-8-21(9-7-20)31-18-24(27)26-15-12-19-17-22(10-11-23(19)26)32(28,29)25-13-4-3-5-14-25/h6-11,17H,2-5,12-16,18H2,1H3. The number of fused-ring (bicyclic) bond motifs is 1. The monoisotopic (exact) mass is 458 g/mol. The molecule has 2 heterocycles. The molecule has 1 saturated heterocycles. The first-order valence-corrected chi connectivity index (χ1v) is 12.7. The topological polar surface area (TPSA) is 76.1 Å². The van der Waals surface area contributed by atoms with E-state index in [0.717, 1.165) is 42.7 Å². The van der Waals surface area contributed by atoms with E-state index in [4.69, 9.17) is 9.47 Å². The molecule has 1 fully saturated rings. The maximum atomic E-state index is 13.0. The third-order valence-corrected chi connectivity index (χ3v) is 7.75. The lowest BCUT2D eigenvalue weighted by atomic mass is 10.2. The zero-order valence-corrected chi connectivity index (χ0v) is 19.3. The van der Waals surface area contributed by atoms with E-state index in [1.165, 1.54) is 0 Å². The molecule has 1 amide bonds. The number of benzene rings is 2. The van der Waals surface area contributed by atoms with Crippen LogP contribution in [0.25, 0.3) is 0 Å². The number of nitrogens with zero attached hydrogens (tertiary/aromatic N) is 2. The molecular formula is C24H30N2O5S. The summed E-state index contributed by atoms with van der Waals surface area (Å²) in [6.45, 7) is 4.30. The highest BCUT2D eigenvalue weighted by molar-refractivity contribution is 7.89. The maximum absolute atomic E-state index is 13.0. The van der Waals surface area contributed by atoms with Gasteiger partial charge in [-0.05, 0) is 73.7 Å². The third-order valence-electron chi connectivity index (χ3n) is 5.86. The van der Waals surface area contributed by atoms with Gasteiger partial charge in [0.15, 0.2) is 6.61 Å². The summed E-state index contributed by atoms with van der Waals surface area (Å²) < 4.78 is 38.7. The van der Waals surface area contributed by atoms with Crippen molar-refractivity contribution >= 4 is 21.6 Å². The number of carbonyl (C=O) groups is 1. The highest BCUT2D eigenvalue weighted by Crippen LogP contribution is 2.32. The second kappa shape index (κ2) is 9.92. The molecule has 2 aromatic carbocycles. The quantitative estimate of drug-likeness (QED) is 0.604. The molecule has 2 aliphatic heterocycles. The molecule has 2 aromatic rings. The van der Waals surface area contributed by atoms with Crippen molar-refractivity contribution in [2.24, 2.45) is 0 Å². The van der Waals surface area contributed by atoms with Crippen molar-refractivity contribution in [2.45, 2.75) is 43.9 Å². The first-order valence-electron chi connectivity index (χ1n) is 11.3. The number of anilines is 1. The van der Waals surface area contributed by atoms with Crippen molar-refractivity contribution in [2.75, 3.05) is 37.7 Å². The SMILES string of the molecule is CCCOc1ccc(OCC(=O)N2CCc3cc(S(=O)(=O)N4CCCCC4)ccc32)cc1. The molecule has 4 rings (SSSR count). The molecule has 8 heteroatoms. The van der Waals surface area contributed by atoms with Crippen LogP contribution in [0.15, 0.2) is 47.4 Å². The number of ether oxygens (including phenoxy) is 2. The van der Waals surface area contributed by atoms with Crippen molar-refractivity contribution in [3.63, 3.8) is 0 Å². The first-order chi connectivity index (χ1) is 15.5. The Morgan fingerprint density at radius 1 is 0.938 bits per heavy atom. The molecule has 0 saturated carbocycles. The van der Waals surface area contributed by atoms with Gasteiger partial charge in [0.05, 0.1) is 11.5 Å². The smallest absolute Gasteiger partial charge is 0.264 e. The summed E-state index contributed by atoms with van der Waals surface area (Å²) in [6, 6.07) is 12.3. The van der Waals surface area contributed by atoms with Gasteiger partial charge in [0.2, 0.25) is 10.0 Å². The normalized spacial score (nSPS) is 16.6. The van der Waals surface area contributed by atoms with Crippen molar-refractivity contribution in [1.29, 1.82) is 0 Å². The molecule has 0 bridgehead atoms. The minimum atomic E-state index is -3.48. The minimum Gasteiger partial charge on any atom is -0.494 e. The van der Waals surface area contributed by atoms with Crippen LogP contribution in [0.4, 0.5) is 5.69 Å². The van der Waals surface area contributed by atoms with Gasteiger partial charge in [-0.2, -0.15) is 4.31 Å². The van der Waals surface area contributed by atoms with E-state index in [2.05, 4.69) is 0 Å². The number of amides is 1. The maximum Gasteiger partial charge on any atom is 0.264 e. The van der Waals surface area contributed by atoms with E-state index >= 15 is 0 Å². The van der Waals surface area contributed by atoms with Crippen molar-refractivity contribution in [3.8, 4) is 11.5 Å². The molecule has 0 aromatic heterocycles. The predicted octanol–water partition coefficient (Wildman–Crippen LogP) is 3.62. The Hall–Kier alpha value is -2.58. The van der Waals surface area contributed by atoms with Gasteiger partial charge in [0, 0.05) is 25.3 Å². The second-order valence-electron chi connectivity index (χ2n) is 8.16. The summed E-state index contributed by atoms with van der Waals surface area (Å²) in [5.74, 6) is 1.22. The summed E-state index contributed by atoms with van der Waals surface area (Å²) in [6.07, 6.45) is 4.46. The number of carbonyl (C=O) groups excluding carboxylic acids is 1. The Balaban J connectivity index is 1.39. The number of rotatable bonds is 8. The van der Waals surface area contributed by atoms with Crippen LogP contribution in [0, 0.1) is 0 Å². The molecule has 0 N–H and O–H groups in total. The van der Waals surface area contributed by atoms with Gasteiger partial charge in [0.1, 0.15) is 11.5 Å². The fraction of sp³-hybridized carbons (Fsp3) is 0.458. The van der Waals surface area contributed by atoms with Gasteiger partial charge in [-0.25, -0.2) is 8.42 Å². The van der Waals surface area contributed by atoms with E-state index in [0.29, 0.717) is 43.3 Å². The molecule has 2 aliphatic rings. The van der Waals surface area contributed by atoms with Crippen molar-refractivity contribution in [3.05, 3.63) is 48.0 Å². The Labute approximate surface area is 190 Å². The predicted molar refractivity (Wildman–Crippen MR) is 123 cm³/mol. The van der Waals surface area contributed by atoms with E-state index in [1.54, 1.807) is 39.5 Å². The van der Waals surface area contributed by atoms with Gasteiger partial charge < -0.3 is 14.4 Å². The lowest BCUT2D eigenvalue weighted by molar-refractivity contribution is -0.120. The van der Waals surface area contributed by atoms with Crippen molar-refractivity contribution in [1.82, 2.24) is 4.31 Å². The molecule has 172 valence electrons. The molecule has 0 unspecified atom stereocenters. The summed E-state index contributed by atoms with van der Waals surface area (Å²) in [4.78, 5) is 14.8. The van der Waals surface area contributed by atoms with Crippen LogP contribution in [0.1, 0.15) is 38.2 Å². The van der Waals surface area contributed by atoms with Gasteiger partial charge in [0.25, 0.3) is 5.91 Å². The summed E-state index contributed by atoms with van der Waals surface area (Å²) in [5, 5.41) is 0. The highest BCUT2D eigenvalue weighted by Gasteiger charge is 2.30. The largest absolute Gasteiger partial charge is 0.494 e. The second-order valence-corrected chi connectivity index (χ2v) is 10.1. The average Bonchev–Trinajstić information content (AvgIpc) is 3.26. The highest BCUT2D eigenvalue weighted by atomic mass is 32.2. The Morgan fingerprint density at radius 2 is 1.62 bits per heavy atom. The lowest BCUT2D eigenvalue weighted by Gasteiger charge is -2.26. The molecule has 0 radical (unpaired) electrons. The van der Waals surface area contributed by atoms with Crippen LogP contribution in [0.3, 0.4) is 0 Å². The van der Waals surface area contributed by atoms with E-state index in [9.17, 15) is 13.2 Å². The number of hydrogen-bond acceptors (Lipinski definition) is 5. The van der Waals surface area contributed by atoms with Gasteiger partial charge in [-0.1, -0.05) is 13.3 Å². The number of hydrogen-bond donors (Lipinski definition) is 0. The van der Waals surface area contributed by atoms with Crippen molar-refractivity contribution < 1.29 is 22.7 Å². The van der Waals surface area contributed by atoms with Crippen LogP contribution in [-0.4, -0.2) is 51.5 Å². The number of sulfonamides is 1. The van der Waals surface area contributed by atoms with Crippen LogP contribution in [0.2, 0.25) is 0 Å². The first kappa shape index (κ1) is 22.6. The minimum absolute atomic E-state index is 0.0809. The molecule has 0 spiro atoms. The summed E-state index contributed by atoms with van der Waals surface area (Å²) in [5.41, 5.74) is 1.65. The van der Waals surface area contributed by atoms with E-state index in [1.807, 2.05) is 19.1 Å². The number of piperidine rings is 1. The van der Waals surface area contributed by atoms with Gasteiger partial charge in [-0.15, -0.1) is 0 Å². The van der Waals surface area contributed by atoms with Gasteiger partial charge in [-0.3, -0.25) is 4.79 Å². The molecule has 0 atom stereocenters. The van der Waals surface area contributed by atoms with Crippen LogP contribution in [-0.2, 0) is 21.2 Å². The van der Waals surface area contributed by atoms with Crippen LogP contribution in [0.5, 0.6) is 11.5 Å². The summed E-state index contributed by atoms with van der Waals surface area (Å²) >= 11 is 0. The Kier molecular flexibility index (Phi) is 7.01. The fourth-order valence-corrected chi connectivity index (χ4v) is 5.70. The Morgan fingerprint density at radius 3 is 2.31 bits per heavy atom.